The first kappa shape index (κ1) is 42.8. The number of ether oxygens (including phenoxy) is 5. The molecular formula is C29H42F12O7. The number of aldehydes is 1. The number of fused-ring (bicyclic) bond motifs is 1. The van der Waals surface area contributed by atoms with Crippen molar-refractivity contribution in [3.8, 4) is 0 Å². The molecule has 8 atom stereocenters. The molecule has 2 heterocycles. The summed E-state index contributed by atoms with van der Waals surface area (Å²) < 4.78 is 181. The van der Waals surface area contributed by atoms with Crippen LogP contribution in [0.15, 0.2) is 0 Å². The molecule has 284 valence electrons. The van der Waals surface area contributed by atoms with E-state index in [0.29, 0.717) is 12.7 Å². The van der Waals surface area contributed by atoms with Crippen molar-refractivity contribution in [2.75, 3.05) is 13.2 Å². The Bertz CT molecular complexity index is 1030. The van der Waals surface area contributed by atoms with E-state index in [-0.39, 0.29) is 16.7 Å². The molecule has 0 amide bonds. The Labute approximate surface area is 269 Å². The molecule has 0 saturated carbocycles. The molecule has 48 heavy (non-hydrogen) atoms. The van der Waals surface area contributed by atoms with Gasteiger partial charge in [-0.3, -0.25) is 0 Å². The van der Waals surface area contributed by atoms with Crippen LogP contribution in [-0.2, 0) is 28.5 Å². The van der Waals surface area contributed by atoms with Gasteiger partial charge in [-0.1, -0.05) is 48.5 Å². The average Bonchev–Trinajstić information content (AvgIpc) is 3.33. The maximum atomic E-state index is 13.1. The summed E-state index contributed by atoms with van der Waals surface area (Å²) >= 11 is 0. The van der Waals surface area contributed by atoms with Crippen molar-refractivity contribution < 1.29 is 86.3 Å². The summed E-state index contributed by atoms with van der Waals surface area (Å²) in [7, 11) is 0. The highest BCUT2D eigenvalue weighted by Gasteiger charge is 2.63. The second-order valence-corrected chi connectivity index (χ2v) is 14.2. The minimum absolute atomic E-state index is 0.250. The van der Waals surface area contributed by atoms with Crippen LogP contribution in [-0.4, -0.2) is 91.9 Å². The highest BCUT2D eigenvalue weighted by molar-refractivity contribution is 5.55. The van der Waals surface area contributed by atoms with Gasteiger partial charge in [0.15, 0.2) is 12.1 Å². The SMILES string of the molecule is CC(C)CC(C)(CC(C)C(C=O)C1OC2OC(CCOC(C(F)(F)F)C(F)(F)F)(COC(C(F)(F)F)C(F)(F)F)OC2C1O)C(C)(C)C. The number of carbonyl (C=O) groups is 1. The molecule has 7 nitrogen and oxygen atoms in total. The van der Waals surface area contributed by atoms with Gasteiger partial charge in [0.2, 0.25) is 12.2 Å². The number of aliphatic hydroxyl groups excluding tert-OH is 1. The van der Waals surface area contributed by atoms with Gasteiger partial charge in [0, 0.05) is 12.3 Å². The van der Waals surface area contributed by atoms with Crippen molar-refractivity contribution in [3.05, 3.63) is 0 Å². The Kier molecular flexibility index (Phi) is 13.1. The fourth-order valence-electron chi connectivity index (χ4n) is 6.22. The summed E-state index contributed by atoms with van der Waals surface area (Å²) in [5.74, 6) is -4.14. The summed E-state index contributed by atoms with van der Waals surface area (Å²) in [4.78, 5) is 12.3. The van der Waals surface area contributed by atoms with Crippen LogP contribution < -0.4 is 0 Å². The van der Waals surface area contributed by atoms with Crippen LogP contribution >= 0.6 is 0 Å². The second kappa shape index (κ2) is 14.7. The summed E-state index contributed by atoms with van der Waals surface area (Å²) in [5.41, 5.74) is -0.584. The topological polar surface area (TPSA) is 83.5 Å². The molecule has 19 heteroatoms. The van der Waals surface area contributed by atoms with Crippen molar-refractivity contribution in [2.45, 2.75) is 135 Å². The van der Waals surface area contributed by atoms with Crippen LogP contribution in [0, 0.1) is 28.6 Å². The molecular weight excluding hydrogens is 688 g/mol. The van der Waals surface area contributed by atoms with Gasteiger partial charge in [-0.05, 0) is 35.5 Å². The first-order chi connectivity index (χ1) is 21.4. The summed E-state index contributed by atoms with van der Waals surface area (Å²) in [6.07, 6.45) is -39.2. The zero-order chi connectivity index (χ0) is 37.5. The molecule has 2 aliphatic heterocycles. The standard InChI is InChI=1S/C29H42F12O7/c1-14(2)10-24(7,23(4,5)6)11-15(3)16(12-42)18-17(43)19-20(46-18)48-25(47-19,13-45-22(28(36,37)38)29(39,40)41)8-9-44-21(26(30,31)32)27(33,34)35/h12,14-22,43H,8-11,13H2,1-7H3. The minimum atomic E-state index is -6.05. The molecule has 2 fully saturated rings. The normalized spacial score (nSPS) is 28.6. The Hall–Kier alpha value is -1.41. The average molecular weight is 731 g/mol. The van der Waals surface area contributed by atoms with Gasteiger partial charge < -0.3 is 33.6 Å². The van der Waals surface area contributed by atoms with Crippen molar-refractivity contribution in [3.63, 3.8) is 0 Å². The molecule has 2 aliphatic rings. The smallest absolute Gasteiger partial charge is 0.387 e. The van der Waals surface area contributed by atoms with Gasteiger partial charge in [0.25, 0.3) is 0 Å². The number of hydrogen-bond acceptors (Lipinski definition) is 7. The van der Waals surface area contributed by atoms with E-state index in [1.807, 2.05) is 41.5 Å². The van der Waals surface area contributed by atoms with Crippen LogP contribution in [0.2, 0.25) is 0 Å². The Morgan fingerprint density at radius 1 is 0.771 bits per heavy atom. The lowest BCUT2D eigenvalue weighted by molar-refractivity contribution is -0.349. The third-order valence-corrected chi connectivity index (χ3v) is 8.98. The van der Waals surface area contributed by atoms with Crippen LogP contribution in [0.5, 0.6) is 0 Å². The highest BCUT2D eigenvalue weighted by atomic mass is 19.4. The van der Waals surface area contributed by atoms with E-state index >= 15 is 0 Å². The predicted octanol–water partition coefficient (Wildman–Crippen LogP) is 7.53. The number of alkyl halides is 12. The Balaban J connectivity index is 2.34. The maximum Gasteiger partial charge on any atom is 0.423 e. The Morgan fingerprint density at radius 2 is 1.25 bits per heavy atom. The van der Waals surface area contributed by atoms with Crippen molar-refractivity contribution in [2.24, 2.45) is 28.6 Å². The number of rotatable bonds is 14. The first-order valence-electron chi connectivity index (χ1n) is 15.0. The van der Waals surface area contributed by atoms with Crippen LogP contribution in [0.4, 0.5) is 52.7 Å². The summed E-state index contributed by atoms with van der Waals surface area (Å²) in [6, 6.07) is 0. The van der Waals surface area contributed by atoms with Crippen LogP contribution in [0.3, 0.4) is 0 Å². The number of carbonyl (C=O) groups excluding carboxylic acids is 1. The monoisotopic (exact) mass is 730 g/mol. The molecule has 0 aromatic carbocycles. The summed E-state index contributed by atoms with van der Waals surface area (Å²) in [5, 5.41) is 11.1. The van der Waals surface area contributed by atoms with Crippen molar-refractivity contribution in [1.82, 2.24) is 0 Å². The molecule has 0 spiro atoms. The molecule has 2 rings (SSSR count). The number of halogens is 12. The van der Waals surface area contributed by atoms with Gasteiger partial charge in [-0.25, -0.2) is 0 Å². The van der Waals surface area contributed by atoms with Crippen molar-refractivity contribution in [1.29, 1.82) is 0 Å². The maximum absolute atomic E-state index is 13.1. The zero-order valence-corrected chi connectivity index (χ0v) is 27.2. The lowest BCUT2D eigenvalue weighted by Gasteiger charge is -2.46. The van der Waals surface area contributed by atoms with E-state index in [4.69, 9.17) is 14.2 Å². The number of aliphatic hydroxyl groups is 1. The Morgan fingerprint density at radius 3 is 1.65 bits per heavy atom. The molecule has 0 aromatic rings. The zero-order valence-electron chi connectivity index (χ0n) is 27.2. The molecule has 0 aromatic heterocycles. The van der Waals surface area contributed by atoms with Crippen molar-refractivity contribution >= 4 is 6.29 Å². The van der Waals surface area contributed by atoms with Crippen LogP contribution in [0.1, 0.15) is 67.7 Å². The number of hydrogen-bond donors (Lipinski definition) is 1. The second-order valence-electron chi connectivity index (χ2n) is 14.2. The minimum Gasteiger partial charge on any atom is -0.387 e. The quantitative estimate of drug-likeness (QED) is 0.146. The molecule has 1 N–H and O–H groups in total. The highest BCUT2D eigenvalue weighted by Crippen LogP contribution is 2.50. The van der Waals surface area contributed by atoms with Gasteiger partial charge in [0.1, 0.15) is 25.1 Å². The van der Waals surface area contributed by atoms with E-state index in [0.717, 1.165) is 6.42 Å². The van der Waals surface area contributed by atoms with Gasteiger partial charge >= 0.3 is 24.7 Å². The lowest BCUT2D eigenvalue weighted by atomic mass is 9.59. The molecule has 2 saturated heterocycles. The van der Waals surface area contributed by atoms with Gasteiger partial charge in [-0.15, -0.1) is 0 Å². The fraction of sp³-hybridized carbons (Fsp3) is 0.966. The third-order valence-electron chi connectivity index (χ3n) is 8.98. The van der Waals surface area contributed by atoms with Gasteiger partial charge in [0.05, 0.1) is 12.7 Å². The first-order valence-corrected chi connectivity index (χ1v) is 15.0. The van der Waals surface area contributed by atoms with E-state index in [9.17, 15) is 62.6 Å². The van der Waals surface area contributed by atoms with E-state index < -0.39 is 98.8 Å². The summed E-state index contributed by atoms with van der Waals surface area (Å²) in [6.45, 7) is 10.4. The predicted molar refractivity (Wildman–Crippen MR) is 142 cm³/mol. The third kappa shape index (κ3) is 10.3. The molecule has 0 aliphatic carbocycles. The fourth-order valence-corrected chi connectivity index (χ4v) is 6.22. The van der Waals surface area contributed by atoms with Crippen LogP contribution in [0.25, 0.3) is 0 Å². The van der Waals surface area contributed by atoms with E-state index in [1.54, 1.807) is 6.92 Å². The van der Waals surface area contributed by atoms with E-state index in [2.05, 4.69) is 9.47 Å². The van der Waals surface area contributed by atoms with E-state index in [1.165, 1.54) is 0 Å². The lowest BCUT2D eigenvalue weighted by Crippen LogP contribution is -2.50. The largest absolute Gasteiger partial charge is 0.423 e. The van der Waals surface area contributed by atoms with Gasteiger partial charge in [-0.2, -0.15) is 52.7 Å². The molecule has 0 radical (unpaired) electrons. The molecule has 8 unspecified atom stereocenters. The molecule has 0 bridgehead atoms.